The molecule has 0 saturated carbocycles. The number of rotatable bonds is 5. The van der Waals surface area contributed by atoms with Gasteiger partial charge in [0.25, 0.3) is 0 Å². The molecule has 0 radical (unpaired) electrons. The average molecular weight is 484 g/mol. The second kappa shape index (κ2) is 9.55. The van der Waals surface area contributed by atoms with Crippen molar-refractivity contribution in [1.29, 1.82) is 5.26 Å². The van der Waals surface area contributed by atoms with Gasteiger partial charge in [0.15, 0.2) is 0 Å². The smallest absolute Gasteiger partial charge is 0.141 e. The number of hydrogen-bond acceptors (Lipinski definition) is 5. The van der Waals surface area contributed by atoms with E-state index in [1.54, 1.807) is 6.20 Å². The van der Waals surface area contributed by atoms with Crippen LogP contribution in [0.2, 0.25) is 0 Å². The molecule has 1 aliphatic heterocycles. The fourth-order valence-electron chi connectivity index (χ4n) is 5.54. The maximum atomic E-state index is 14.4. The molecular weight excluding hydrogens is 453 g/mol. The van der Waals surface area contributed by atoms with Crippen LogP contribution in [0, 0.1) is 29.3 Å². The van der Waals surface area contributed by atoms with Crippen molar-refractivity contribution in [1.82, 2.24) is 15.3 Å². The van der Waals surface area contributed by atoms with Crippen molar-refractivity contribution in [3.8, 4) is 6.07 Å². The number of nitrogens with one attached hydrogen (secondary N) is 1. The van der Waals surface area contributed by atoms with Crippen molar-refractivity contribution >= 4 is 11.6 Å². The molecule has 5 rings (SSSR count). The van der Waals surface area contributed by atoms with Gasteiger partial charge in [-0.2, -0.15) is 5.26 Å². The predicted octanol–water partition coefficient (Wildman–Crippen LogP) is 5.22. The molecule has 1 saturated heterocycles. The van der Waals surface area contributed by atoms with Gasteiger partial charge < -0.3 is 15.2 Å². The van der Waals surface area contributed by atoms with E-state index < -0.39 is 11.4 Å². The first-order chi connectivity index (χ1) is 17.3. The van der Waals surface area contributed by atoms with Crippen LogP contribution in [0.1, 0.15) is 59.7 Å². The third-order valence-corrected chi connectivity index (χ3v) is 7.52. The first-order valence-electron chi connectivity index (χ1n) is 12.4. The minimum atomic E-state index is -0.508. The Kier molecular flexibility index (Phi) is 6.44. The number of quaternary nitrogens is 1. The molecule has 6 nitrogen and oxygen atoms in total. The summed E-state index contributed by atoms with van der Waals surface area (Å²) in [6, 6.07) is 12.8. The van der Waals surface area contributed by atoms with Crippen molar-refractivity contribution in [3.63, 3.8) is 0 Å². The summed E-state index contributed by atoms with van der Waals surface area (Å²) in [4.78, 5) is 8.71. The molecule has 2 aliphatic rings. The third-order valence-electron chi connectivity index (χ3n) is 7.52. The number of piperidine rings is 1. The van der Waals surface area contributed by atoms with Crippen LogP contribution in [-0.2, 0) is 12.1 Å². The highest BCUT2D eigenvalue weighted by molar-refractivity contribution is 5.85. The standard InChI is InChI=1S/C29H30FN5O/c1-20-3-4-21(17-33-20)19-35(36)11-8-26(9-12-35)34-29(2)15-25(13-23-7-10-32-18-27(23)29)22-5-6-24(16-31)28(30)14-22/h3-7,10,13-14,17-18,26,34H,8-9,11-12,15,19H2,1-2H3. The monoisotopic (exact) mass is 483 g/mol. The number of pyridine rings is 2. The number of hydroxylamine groups is 3. The highest BCUT2D eigenvalue weighted by atomic mass is 19.1. The van der Waals surface area contributed by atoms with E-state index in [1.807, 2.05) is 49.7 Å². The van der Waals surface area contributed by atoms with Crippen LogP contribution in [0.15, 0.2) is 55.0 Å². The third kappa shape index (κ3) is 4.93. The first kappa shape index (κ1) is 24.3. The molecule has 2 aromatic heterocycles. The SMILES string of the molecule is Cc1ccc(C[N+]2([O-])CCC(NC3(C)CC(c4ccc(C#N)c(F)c4)=Cc4ccncc43)CC2)cn1. The second-order valence-corrected chi connectivity index (χ2v) is 10.3. The van der Waals surface area contributed by atoms with Gasteiger partial charge in [-0.15, -0.1) is 0 Å². The van der Waals surface area contributed by atoms with Gasteiger partial charge in [-0.05, 0) is 66.8 Å². The van der Waals surface area contributed by atoms with E-state index in [9.17, 15) is 9.60 Å². The molecule has 3 heterocycles. The Morgan fingerprint density at radius 1 is 1.19 bits per heavy atom. The van der Waals surface area contributed by atoms with E-state index in [0.29, 0.717) is 26.1 Å². The van der Waals surface area contributed by atoms with Gasteiger partial charge in [-0.25, -0.2) is 4.39 Å². The van der Waals surface area contributed by atoms with Gasteiger partial charge >= 0.3 is 0 Å². The average Bonchev–Trinajstić information content (AvgIpc) is 2.87. The van der Waals surface area contributed by atoms with Crippen LogP contribution in [0.3, 0.4) is 0 Å². The molecule has 0 spiro atoms. The maximum Gasteiger partial charge on any atom is 0.141 e. The van der Waals surface area contributed by atoms with E-state index in [4.69, 9.17) is 5.26 Å². The Morgan fingerprint density at radius 2 is 2.00 bits per heavy atom. The zero-order chi connectivity index (χ0) is 25.3. The minimum Gasteiger partial charge on any atom is -0.633 e. The zero-order valence-corrected chi connectivity index (χ0v) is 20.7. The molecule has 0 amide bonds. The molecule has 1 aromatic carbocycles. The lowest BCUT2D eigenvalue weighted by Gasteiger charge is -2.49. The zero-order valence-electron chi connectivity index (χ0n) is 20.7. The number of halogens is 1. The van der Waals surface area contributed by atoms with Crippen LogP contribution in [0.5, 0.6) is 0 Å². The van der Waals surface area contributed by atoms with Crippen LogP contribution in [0.25, 0.3) is 11.6 Å². The Labute approximate surface area is 211 Å². The van der Waals surface area contributed by atoms with Gasteiger partial charge in [0, 0.05) is 54.3 Å². The molecule has 1 unspecified atom stereocenters. The maximum absolute atomic E-state index is 14.4. The summed E-state index contributed by atoms with van der Waals surface area (Å²) in [5, 5.41) is 26.4. The highest BCUT2D eigenvalue weighted by Crippen LogP contribution is 2.41. The Bertz CT molecular complexity index is 1340. The minimum absolute atomic E-state index is 0.0449. The molecule has 1 aliphatic carbocycles. The lowest BCUT2D eigenvalue weighted by atomic mass is 9.76. The lowest BCUT2D eigenvalue weighted by molar-refractivity contribution is -0.899. The Hall–Kier alpha value is -3.44. The number of aryl methyl sites for hydroxylation is 1. The summed E-state index contributed by atoms with van der Waals surface area (Å²) >= 11 is 0. The second-order valence-electron chi connectivity index (χ2n) is 10.3. The number of nitriles is 1. The van der Waals surface area contributed by atoms with E-state index in [0.717, 1.165) is 46.4 Å². The number of nitrogens with zero attached hydrogens (tertiary/aromatic N) is 4. The summed E-state index contributed by atoms with van der Waals surface area (Å²) in [6.07, 6.45) is 9.76. The lowest BCUT2D eigenvalue weighted by Crippen LogP contribution is -2.55. The van der Waals surface area contributed by atoms with E-state index in [1.165, 1.54) is 12.1 Å². The molecular formula is C29H30FN5O. The van der Waals surface area contributed by atoms with E-state index >= 15 is 0 Å². The normalized spacial score (nSPS) is 25.5. The van der Waals surface area contributed by atoms with E-state index in [2.05, 4.69) is 28.3 Å². The van der Waals surface area contributed by atoms with Crippen LogP contribution in [0.4, 0.5) is 4.39 Å². The molecule has 7 heteroatoms. The molecule has 3 aromatic rings. The van der Waals surface area contributed by atoms with Crippen LogP contribution in [-0.4, -0.2) is 33.7 Å². The fourth-order valence-corrected chi connectivity index (χ4v) is 5.54. The predicted molar refractivity (Wildman–Crippen MR) is 137 cm³/mol. The molecule has 1 fully saturated rings. The molecule has 36 heavy (non-hydrogen) atoms. The highest BCUT2D eigenvalue weighted by Gasteiger charge is 2.37. The van der Waals surface area contributed by atoms with Crippen LogP contribution < -0.4 is 5.32 Å². The molecule has 184 valence electrons. The molecule has 1 N–H and O–H groups in total. The van der Waals surface area contributed by atoms with Crippen molar-refractivity contribution in [3.05, 3.63) is 99.5 Å². The largest absolute Gasteiger partial charge is 0.633 e. The number of likely N-dealkylation sites (tertiary alicyclic amines) is 1. The summed E-state index contributed by atoms with van der Waals surface area (Å²) in [5.41, 5.74) is 5.47. The van der Waals surface area contributed by atoms with Gasteiger partial charge in [0.2, 0.25) is 0 Å². The number of fused-ring (bicyclic) bond motifs is 1. The number of aromatic nitrogens is 2. The summed E-state index contributed by atoms with van der Waals surface area (Å²) < 4.78 is 14.2. The summed E-state index contributed by atoms with van der Waals surface area (Å²) in [5.74, 6) is -0.508. The first-order valence-corrected chi connectivity index (χ1v) is 12.4. The van der Waals surface area contributed by atoms with Gasteiger partial charge in [0.1, 0.15) is 18.4 Å². The van der Waals surface area contributed by atoms with E-state index in [-0.39, 0.29) is 16.3 Å². The van der Waals surface area contributed by atoms with Gasteiger partial charge in [0.05, 0.1) is 18.7 Å². The van der Waals surface area contributed by atoms with Crippen molar-refractivity contribution in [2.75, 3.05) is 13.1 Å². The van der Waals surface area contributed by atoms with Crippen molar-refractivity contribution < 1.29 is 9.04 Å². The molecule has 1 atom stereocenters. The number of hydrogen-bond donors (Lipinski definition) is 1. The fraction of sp³-hybridized carbons (Fsp3) is 0.345. The topological polar surface area (TPSA) is 84.7 Å². The summed E-state index contributed by atoms with van der Waals surface area (Å²) in [6.45, 7) is 5.64. The molecule has 0 bridgehead atoms. The van der Waals surface area contributed by atoms with Gasteiger partial charge in [-0.3, -0.25) is 9.97 Å². The van der Waals surface area contributed by atoms with Crippen molar-refractivity contribution in [2.24, 2.45) is 0 Å². The van der Waals surface area contributed by atoms with Crippen molar-refractivity contribution in [2.45, 2.75) is 51.2 Å². The number of benzene rings is 1. The quantitative estimate of drug-likeness (QED) is 0.397. The Balaban J connectivity index is 1.33. The van der Waals surface area contributed by atoms with Gasteiger partial charge in [-0.1, -0.05) is 18.2 Å². The summed E-state index contributed by atoms with van der Waals surface area (Å²) in [7, 11) is 0. The van der Waals surface area contributed by atoms with Crippen LogP contribution >= 0.6 is 0 Å². The Morgan fingerprint density at radius 3 is 2.69 bits per heavy atom.